The Bertz CT molecular complexity index is 1580. The van der Waals surface area contributed by atoms with Gasteiger partial charge in [-0.3, -0.25) is 19.0 Å². The van der Waals surface area contributed by atoms with E-state index >= 15 is 0 Å². The quantitative estimate of drug-likeness (QED) is 0.275. The van der Waals surface area contributed by atoms with E-state index in [-0.39, 0.29) is 22.7 Å². The van der Waals surface area contributed by atoms with Gasteiger partial charge in [0, 0.05) is 46.9 Å². The van der Waals surface area contributed by atoms with E-state index in [4.69, 9.17) is 11.6 Å². The van der Waals surface area contributed by atoms with Gasteiger partial charge in [0.25, 0.3) is 11.8 Å². The number of hydrogen-bond acceptors (Lipinski definition) is 3. The maximum absolute atomic E-state index is 13.8. The van der Waals surface area contributed by atoms with Gasteiger partial charge in [-0.05, 0) is 55.0 Å². The summed E-state index contributed by atoms with van der Waals surface area (Å²) in [6, 6.07) is 15.0. The van der Waals surface area contributed by atoms with Crippen LogP contribution in [0.25, 0.3) is 10.9 Å². The summed E-state index contributed by atoms with van der Waals surface area (Å²) in [6.45, 7) is 4.60. The van der Waals surface area contributed by atoms with Crippen LogP contribution >= 0.6 is 11.6 Å². The highest BCUT2D eigenvalue weighted by molar-refractivity contribution is 6.31. The lowest BCUT2D eigenvalue weighted by Crippen LogP contribution is -2.44. The second-order valence-corrected chi connectivity index (χ2v) is 10.4. The Morgan fingerprint density at radius 1 is 0.868 bits per heavy atom. The molecule has 1 aromatic heterocycles. The number of ketones is 1. The molecule has 0 saturated carbocycles. The topological polar surface area (TPSA) is 59.4 Å². The molecule has 1 fully saturated rings. The molecule has 0 aliphatic carbocycles. The summed E-state index contributed by atoms with van der Waals surface area (Å²) in [6.07, 6.45) is 2.73. The van der Waals surface area contributed by atoms with Crippen LogP contribution in [0.3, 0.4) is 0 Å². The lowest BCUT2D eigenvalue weighted by atomic mass is 9.72. The third-order valence-electron chi connectivity index (χ3n) is 7.44. The molecule has 5 rings (SSSR count). The third-order valence-corrected chi connectivity index (χ3v) is 7.67. The zero-order valence-electron chi connectivity index (χ0n) is 20.9. The van der Waals surface area contributed by atoms with Crippen LogP contribution in [-0.2, 0) is 5.41 Å². The molecule has 8 heteroatoms. The van der Waals surface area contributed by atoms with Crippen LogP contribution in [-0.4, -0.2) is 40.2 Å². The average molecular weight is 535 g/mol. The number of fused-ring (bicyclic) bond motifs is 1. The normalized spacial score (nSPS) is 15.0. The number of aromatic nitrogens is 1. The van der Waals surface area contributed by atoms with Gasteiger partial charge < -0.3 is 4.90 Å². The molecule has 1 saturated heterocycles. The molecule has 2 heterocycles. The highest BCUT2D eigenvalue weighted by atomic mass is 35.5. The SMILES string of the molecule is CC(=O)c1ccccc1C1(C)CCN(C(=O)c2cn(C(=O)c3cc(F)cc(F)c3)c3cc(Cl)ccc23)CC1. The van der Waals surface area contributed by atoms with Gasteiger partial charge in [-0.2, -0.15) is 0 Å². The molecule has 0 radical (unpaired) electrons. The monoisotopic (exact) mass is 534 g/mol. The first kappa shape index (κ1) is 25.8. The summed E-state index contributed by atoms with van der Waals surface area (Å²) < 4.78 is 28.8. The summed E-state index contributed by atoms with van der Waals surface area (Å²) in [4.78, 5) is 40.9. The van der Waals surface area contributed by atoms with E-state index < -0.39 is 17.5 Å². The summed E-state index contributed by atoms with van der Waals surface area (Å²) in [7, 11) is 0. The summed E-state index contributed by atoms with van der Waals surface area (Å²) in [5.74, 6) is -2.67. The van der Waals surface area contributed by atoms with Gasteiger partial charge in [-0.25, -0.2) is 8.78 Å². The molecule has 0 N–H and O–H groups in total. The molecular weight excluding hydrogens is 510 g/mol. The fourth-order valence-corrected chi connectivity index (χ4v) is 5.48. The summed E-state index contributed by atoms with van der Waals surface area (Å²) in [5, 5.41) is 0.867. The number of carbonyl (C=O) groups is 3. The van der Waals surface area contributed by atoms with Crippen molar-refractivity contribution >= 4 is 40.1 Å². The number of nitrogens with zero attached hydrogens (tertiary/aromatic N) is 2. The van der Waals surface area contributed by atoms with Crippen molar-refractivity contribution < 1.29 is 23.2 Å². The fraction of sp³-hybridized carbons (Fsp3) is 0.233. The minimum atomic E-state index is -0.873. The first-order valence-electron chi connectivity index (χ1n) is 12.3. The number of piperidine rings is 1. The number of hydrogen-bond donors (Lipinski definition) is 0. The largest absolute Gasteiger partial charge is 0.339 e. The van der Waals surface area contributed by atoms with E-state index in [0.29, 0.717) is 59.0 Å². The first-order valence-corrected chi connectivity index (χ1v) is 12.7. The van der Waals surface area contributed by atoms with E-state index in [1.165, 1.54) is 10.8 Å². The molecule has 3 aromatic carbocycles. The molecule has 0 atom stereocenters. The van der Waals surface area contributed by atoms with Crippen molar-refractivity contribution in [1.29, 1.82) is 0 Å². The first-order chi connectivity index (χ1) is 18.1. The van der Waals surface area contributed by atoms with E-state index in [2.05, 4.69) is 6.92 Å². The van der Waals surface area contributed by atoms with Crippen molar-refractivity contribution in [2.75, 3.05) is 13.1 Å². The lowest BCUT2D eigenvalue weighted by Gasteiger charge is -2.40. The van der Waals surface area contributed by atoms with Crippen molar-refractivity contribution in [3.63, 3.8) is 0 Å². The number of Topliss-reactive ketones (excluding diaryl/α,β-unsaturated/α-hetero) is 1. The van der Waals surface area contributed by atoms with Crippen LogP contribution in [0.4, 0.5) is 8.78 Å². The lowest BCUT2D eigenvalue weighted by molar-refractivity contribution is 0.0676. The Morgan fingerprint density at radius 3 is 2.18 bits per heavy atom. The molecule has 1 amide bonds. The van der Waals surface area contributed by atoms with E-state index in [0.717, 1.165) is 17.7 Å². The molecular formula is C30H25ClF2N2O3. The second kappa shape index (κ2) is 9.80. The van der Waals surface area contributed by atoms with Crippen LogP contribution < -0.4 is 0 Å². The molecule has 1 aliphatic heterocycles. The van der Waals surface area contributed by atoms with Crippen LogP contribution in [0.1, 0.15) is 63.3 Å². The van der Waals surface area contributed by atoms with Crippen molar-refractivity contribution in [2.45, 2.75) is 32.1 Å². The maximum Gasteiger partial charge on any atom is 0.262 e. The Labute approximate surface area is 223 Å². The minimum absolute atomic E-state index is 0.00893. The molecule has 194 valence electrons. The summed E-state index contributed by atoms with van der Waals surface area (Å²) >= 11 is 6.19. The van der Waals surface area contributed by atoms with E-state index in [1.54, 1.807) is 30.0 Å². The van der Waals surface area contributed by atoms with Gasteiger partial charge in [0.15, 0.2) is 5.78 Å². The van der Waals surface area contributed by atoms with Gasteiger partial charge in [0.1, 0.15) is 11.6 Å². The van der Waals surface area contributed by atoms with E-state index in [1.807, 2.05) is 24.3 Å². The molecule has 0 bridgehead atoms. The Hall–Kier alpha value is -3.84. The van der Waals surface area contributed by atoms with Crippen LogP contribution in [0.5, 0.6) is 0 Å². The van der Waals surface area contributed by atoms with Crippen molar-refractivity contribution in [1.82, 2.24) is 9.47 Å². The highest BCUT2D eigenvalue weighted by Crippen LogP contribution is 2.38. The van der Waals surface area contributed by atoms with Crippen molar-refractivity contribution in [2.24, 2.45) is 0 Å². The number of halogens is 3. The van der Waals surface area contributed by atoms with Crippen LogP contribution in [0.15, 0.2) is 66.9 Å². The molecule has 4 aromatic rings. The Morgan fingerprint density at radius 2 is 1.53 bits per heavy atom. The van der Waals surface area contributed by atoms with Gasteiger partial charge in [0.2, 0.25) is 0 Å². The molecule has 1 aliphatic rings. The van der Waals surface area contributed by atoms with Gasteiger partial charge in [0.05, 0.1) is 11.1 Å². The van der Waals surface area contributed by atoms with Gasteiger partial charge in [-0.1, -0.05) is 48.9 Å². The number of rotatable bonds is 4. The third kappa shape index (κ3) is 4.63. The molecule has 38 heavy (non-hydrogen) atoms. The second-order valence-electron chi connectivity index (χ2n) is 9.99. The predicted octanol–water partition coefficient (Wildman–Crippen LogP) is 6.66. The van der Waals surface area contributed by atoms with Crippen LogP contribution in [0.2, 0.25) is 5.02 Å². The van der Waals surface area contributed by atoms with Crippen molar-refractivity contribution in [3.8, 4) is 0 Å². The maximum atomic E-state index is 13.8. The number of amides is 1. The Balaban J connectivity index is 1.46. The molecule has 0 spiro atoms. The number of likely N-dealkylation sites (tertiary alicyclic amines) is 1. The Kier molecular flexibility index (Phi) is 6.65. The smallest absolute Gasteiger partial charge is 0.262 e. The highest BCUT2D eigenvalue weighted by Gasteiger charge is 2.36. The van der Waals surface area contributed by atoms with Crippen LogP contribution in [0, 0.1) is 11.6 Å². The predicted molar refractivity (Wildman–Crippen MR) is 142 cm³/mol. The van der Waals surface area contributed by atoms with Gasteiger partial charge in [-0.15, -0.1) is 0 Å². The molecule has 5 nitrogen and oxygen atoms in total. The average Bonchev–Trinajstić information content (AvgIpc) is 3.26. The fourth-order valence-electron chi connectivity index (χ4n) is 5.31. The standard InChI is InChI=1S/C30H25ClF2N2O3/c1-18(36)23-5-3-4-6-26(23)30(2)9-11-34(12-10-30)29(38)25-17-35(27-15-20(31)7-8-24(25)27)28(37)19-13-21(32)16-22(33)14-19/h3-8,13-17H,9-12H2,1-2H3. The summed E-state index contributed by atoms with van der Waals surface area (Å²) in [5.41, 5.74) is 1.90. The number of carbonyl (C=O) groups excluding carboxylic acids is 3. The van der Waals surface area contributed by atoms with E-state index in [9.17, 15) is 23.2 Å². The minimum Gasteiger partial charge on any atom is -0.339 e. The zero-order chi connectivity index (χ0) is 27.2. The molecule has 0 unspecified atom stereocenters. The van der Waals surface area contributed by atoms with Gasteiger partial charge >= 0.3 is 0 Å². The van der Waals surface area contributed by atoms with Crippen molar-refractivity contribution in [3.05, 3.63) is 106 Å². The number of benzene rings is 3. The zero-order valence-corrected chi connectivity index (χ0v) is 21.7.